The third-order valence-electron chi connectivity index (χ3n) is 6.51. The van der Waals surface area contributed by atoms with Crippen molar-refractivity contribution in [2.75, 3.05) is 0 Å². The van der Waals surface area contributed by atoms with Crippen molar-refractivity contribution in [3.63, 3.8) is 0 Å². The summed E-state index contributed by atoms with van der Waals surface area (Å²) in [4.78, 5) is 16.8. The standard InChI is InChI=1S/C25H23N5/c26-24-23-22(29-25(18-7-4-8-18)30(23)14-13-27-24)19-10-9-17-11-12-20(28-21(17)15-19)16-5-2-1-3-6-16/h1-3,5-6,9-15,18,23,25H,4,7-8H2,(H2,26,27). The Labute approximate surface area is 175 Å². The van der Waals surface area contributed by atoms with Gasteiger partial charge in [-0.25, -0.2) is 9.98 Å². The molecule has 0 radical (unpaired) electrons. The van der Waals surface area contributed by atoms with Crippen LogP contribution in [0, 0.1) is 5.92 Å². The zero-order valence-corrected chi connectivity index (χ0v) is 16.6. The fraction of sp³-hybridized carbons (Fsp3) is 0.240. The Bertz CT molecular complexity index is 1210. The molecule has 1 aromatic heterocycles. The summed E-state index contributed by atoms with van der Waals surface area (Å²) in [5.41, 5.74) is 11.5. The quantitative estimate of drug-likeness (QED) is 0.720. The van der Waals surface area contributed by atoms with E-state index in [0.717, 1.165) is 33.4 Å². The van der Waals surface area contributed by atoms with Gasteiger partial charge in [0.15, 0.2) is 0 Å². The lowest BCUT2D eigenvalue weighted by molar-refractivity contribution is 0.156. The number of rotatable bonds is 3. The Balaban J connectivity index is 1.43. The number of nitrogens with two attached hydrogens (primary N) is 1. The van der Waals surface area contributed by atoms with Crippen LogP contribution in [0.1, 0.15) is 24.8 Å². The topological polar surface area (TPSA) is 66.9 Å². The highest BCUT2D eigenvalue weighted by Gasteiger charge is 2.43. The predicted octanol–water partition coefficient (Wildman–Crippen LogP) is 4.34. The Kier molecular flexibility index (Phi) is 3.94. The number of nitrogens with zero attached hydrogens (tertiary/aromatic N) is 4. The molecule has 6 rings (SSSR count). The SMILES string of the molecule is NC1=NC=CN2C1C(c1ccc3ccc(-c4ccccc4)nc3c1)=NC2C1CCC1. The van der Waals surface area contributed by atoms with E-state index in [-0.39, 0.29) is 12.2 Å². The van der Waals surface area contributed by atoms with Crippen LogP contribution in [0.15, 0.2) is 83.0 Å². The molecule has 0 amide bonds. The molecule has 1 saturated carbocycles. The van der Waals surface area contributed by atoms with E-state index in [0.29, 0.717) is 11.8 Å². The molecule has 2 unspecified atom stereocenters. The van der Waals surface area contributed by atoms with Crippen molar-refractivity contribution in [2.24, 2.45) is 21.6 Å². The van der Waals surface area contributed by atoms with Gasteiger partial charge in [-0.3, -0.25) is 4.99 Å². The van der Waals surface area contributed by atoms with Crippen molar-refractivity contribution in [1.29, 1.82) is 0 Å². The summed E-state index contributed by atoms with van der Waals surface area (Å²) in [5, 5.41) is 1.12. The highest BCUT2D eigenvalue weighted by atomic mass is 15.3. The first kappa shape index (κ1) is 17.4. The Morgan fingerprint density at radius 2 is 1.77 bits per heavy atom. The average Bonchev–Trinajstić information content (AvgIpc) is 3.13. The van der Waals surface area contributed by atoms with E-state index in [2.05, 4.69) is 52.4 Å². The minimum Gasteiger partial charge on any atom is -0.385 e. The summed E-state index contributed by atoms with van der Waals surface area (Å²) in [5.74, 6) is 1.22. The maximum Gasteiger partial charge on any atom is 0.131 e. The molecule has 2 N–H and O–H groups in total. The zero-order valence-electron chi connectivity index (χ0n) is 16.6. The molecule has 5 heteroatoms. The van der Waals surface area contributed by atoms with E-state index in [1.807, 2.05) is 24.4 Å². The minimum atomic E-state index is -0.0876. The van der Waals surface area contributed by atoms with Gasteiger partial charge in [0.2, 0.25) is 0 Å². The van der Waals surface area contributed by atoms with Crippen LogP contribution in [0.3, 0.4) is 0 Å². The minimum absolute atomic E-state index is 0.0876. The van der Waals surface area contributed by atoms with Gasteiger partial charge in [-0.05, 0) is 30.9 Å². The lowest BCUT2D eigenvalue weighted by Crippen LogP contribution is -2.49. The molecule has 1 fully saturated rings. The van der Waals surface area contributed by atoms with Crippen LogP contribution in [-0.4, -0.2) is 33.6 Å². The number of pyridine rings is 1. The van der Waals surface area contributed by atoms with E-state index < -0.39 is 0 Å². The number of hydrogen-bond donors (Lipinski definition) is 1. The summed E-state index contributed by atoms with van der Waals surface area (Å²) in [6.07, 6.45) is 7.75. The van der Waals surface area contributed by atoms with E-state index in [1.54, 1.807) is 6.20 Å². The van der Waals surface area contributed by atoms with Crippen molar-refractivity contribution in [2.45, 2.75) is 31.5 Å². The lowest BCUT2D eigenvalue weighted by Gasteiger charge is -2.37. The Morgan fingerprint density at radius 1 is 0.933 bits per heavy atom. The number of amidine groups is 1. The van der Waals surface area contributed by atoms with Gasteiger partial charge in [0.1, 0.15) is 18.0 Å². The summed E-state index contributed by atoms with van der Waals surface area (Å²) in [6.45, 7) is 0. The molecule has 2 aromatic carbocycles. The summed E-state index contributed by atoms with van der Waals surface area (Å²) in [6, 6.07) is 20.8. The van der Waals surface area contributed by atoms with Gasteiger partial charge in [0.05, 0.1) is 16.9 Å². The molecule has 0 spiro atoms. The molecule has 2 atom stereocenters. The number of aliphatic imine (C=N–C) groups is 2. The number of hydrogen-bond acceptors (Lipinski definition) is 5. The molecule has 5 nitrogen and oxygen atoms in total. The fourth-order valence-corrected chi connectivity index (χ4v) is 4.67. The molecule has 2 aliphatic heterocycles. The molecular formula is C25H23N5. The normalized spacial score (nSPS) is 23.1. The fourth-order valence-electron chi connectivity index (χ4n) is 4.67. The van der Waals surface area contributed by atoms with E-state index >= 15 is 0 Å². The highest BCUT2D eigenvalue weighted by Crippen LogP contribution is 2.38. The van der Waals surface area contributed by atoms with Gasteiger partial charge in [-0.2, -0.15) is 0 Å². The Hall–Kier alpha value is -3.47. The molecule has 3 heterocycles. The smallest absolute Gasteiger partial charge is 0.131 e. The van der Waals surface area contributed by atoms with Crippen LogP contribution in [0.2, 0.25) is 0 Å². The second kappa shape index (κ2) is 6.80. The average molecular weight is 393 g/mol. The molecular weight excluding hydrogens is 370 g/mol. The summed E-state index contributed by atoms with van der Waals surface area (Å²) < 4.78 is 0. The molecule has 30 heavy (non-hydrogen) atoms. The first-order chi connectivity index (χ1) is 14.8. The first-order valence-electron chi connectivity index (χ1n) is 10.6. The Morgan fingerprint density at radius 3 is 2.57 bits per heavy atom. The molecule has 0 bridgehead atoms. The monoisotopic (exact) mass is 393 g/mol. The molecule has 0 saturated heterocycles. The number of aromatic nitrogens is 1. The summed E-state index contributed by atoms with van der Waals surface area (Å²) in [7, 11) is 0. The van der Waals surface area contributed by atoms with Gasteiger partial charge in [0, 0.05) is 28.9 Å². The van der Waals surface area contributed by atoms with Crippen molar-refractivity contribution >= 4 is 22.5 Å². The molecule has 1 aliphatic carbocycles. The highest BCUT2D eigenvalue weighted by molar-refractivity contribution is 6.19. The zero-order chi connectivity index (χ0) is 20.1. The predicted molar refractivity (Wildman–Crippen MR) is 121 cm³/mol. The lowest BCUT2D eigenvalue weighted by atomic mass is 9.82. The number of fused-ring (bicyclic) bond motifs is 2. The van der Waals surface area contributed by atoms with Crippen LogP contribution < -0.4 is 5.73 Å². The van der Waals surface area contributed by atoms with Crippen molar-refractivity contribution in [3.8, 4) is 11.3 Å². The van der Waals surface area contributed by atoms with Gasteiger partial charge in [-0.1, -0.05) is 55.0 Å². The van der Waals surface area contributed by atoms with Gasteiger partial charge < -0.3 is 10.6 Å². The van der Waals surface area contributed by atoms with Crippen molar-refractivity contribution < 1.29 is 0 Å². The first-order valence-corrected chi connectivity index (χ1v) is 10.6. The van der Waals surface area contributed by atoms with Crippen LogP contribution in [0.4, 0.5) is 0 Å². The second-order valence-electron chi connectivity index (χ2n) is 8.29. The van der Waals surface area contributed by atoms with E-state index in [9.17, 15) is 0 Å². The van der Waals surface area contributed by atoms with Gasteiger partial charge in [0.25, 0.3) is 0 Å². The number of benzene rings is 2. The van der Waals surface area contributed by atoms with Crippen LogP contribution in [-0.2, 0) is 0 Å². The maximum absolute atomic E-state index is 6.34. The summed E-state index contributed by atoms with van der Waals surface area (Å²) >= 11 is 0. The van der Waals surface area contributed by atoms with Crippen LogP contribution in [0.5, 0.6) is 0 Å². The van der Waals surface area contributed by atoms with Crippen LogP contribution in [0.25, 0.3) is 22.2 Å². The largest absolute Gasteiger partial charge is 0.385 e. The molecule has 3 aromatic rings. The van der Waals surface area contributed by atoms with E-state index in [1.165, 1.54) is 19.3 Å². The third kappa shape index (κ3) is 2.73. The third-order valence-corrected chi connectivity index (χ3v) is 6.51. The van der Waals surface area contributed by atoms with Gasteiger partial charge in [-0.15, -0.1) is 0 Å². The molecule has 3 aliphatic rings. The molecule has 148 valence electrons. The van der Waals surface area contributed by atoms with E-state index in [4.69, 9.17) is 15.7 Å². The van der Waals surface area contributed by atoms with Gasteiger partial charge >= 0.3 is 0 Å². The maximum atomic E-state index is 6.34. The van der Waals surface area contributed by atoms with Crippen molar-refractivity contribution in [3.05, 3.63) is 78.6 Å². The second-order valence-corrected chi connectivity index (χ2v) is 8.29. The van der Waals surface area contributed by atoms with Crippen LogP contribution >= 0.6 is 0 Å². The van der Waals surface area contributed by atoms with Crippen molar-refractivity contribution in [1.82, 2.24) is 9.88 Å².